The SMILES string of the molecule is C1=C[C@@H]2[C@H](C1)[C@@H]1C[C@H]2C2(C1)OCCO2. The van der Waals surface area contributed by atoms with Crippen LogP contribution < -0.4 is 0 Å². The zero-order valence-electron chi connectivity index (χ0n) is 8.32. The summed E-state index contributed by atoms with van der Waals surface area (Å²) in [6.45, 7) is 1.62. The molecule has 1 aliphatic heterocycles. The Kier molecular flexibility index (Phi) is 1.36. The van der Waals surface area contributed by atoms with Gasteiger partial charge >= 0.3 is 0 Å². The Hall–Kier alpha value is -0.340. The summed E-state index contributed by atoms with van der Waals surface area (Å²) in [4.78, 5) is 0. The second-order valence-electron chi connectivity index (χ2n) is 5.22. The van der Waals surface area contributed by atoms with Crippen LogP contribution in [-0.2, 0) is 9.47 Å². The van der Waals surface area contributed by atoms with Crippen LogP contribution in [0.25, 0.3) is 0 Å². The van der Waals surface area contributed by atoms with Crippen LogP contribution in [0.5, 0.6) is 0 Å². The van der Waals surface area contributed by atoms with Gasteiger partial charge in [-0.25, -0.2) is 0 Å². The van der Waals surface area contributed by atoms with Gasteiger partial charge in [-0.05, 0) is 30.6 Å². The van der Waals surface area contributed by atoms with Crippen LogP contribution in [-0.4, -0.2) is 19.0 Å². The molecular weight excluding hydrogens is 176 g/mol. The molecule has 2 saturated carbocycles. The lowest BCUT2D eigenvalue weighted by atomic mass is 9.78. The summed E-state index contributed by atoms with van der Waals surface area (Å²) in [6.07, 6.45) is 8.60. The van der Waals surface area contributed by atoms with Gasteiger partial charge in [0.1, 0.15) is 0 Å². The molecule has 4 aliphatic rings. The van der Waals surface area contributed by atoms with Crippen LogP contribution in [0.3, 0.4) is 0 Å². The molecule has 1 spiro atoms. The van der Waals surface area contributed by atoms with Crippen LogP contribution in [0.15, 0.2) is 12.2 Å². The van der Waals surface area contributed by atoms with Gasteiger partial charge < -0.3 is 9.47 Å². The largest absolute Gasteiger partial charge is 0.347 e. The third-order valence-electron chi connectivity index (χ3n) is 4.78. The molecular formula is C12H16O2. The average Bonchev–Trinajstić information content (AvgIpc) is 2.88. The quantitative estimate of drug-likeness (QED) is 0.546. The number of fused-ring (bicyclic) bond motifs is 6. The van der Waals surface area contributed by atoms with Crippen molar-refractivity contribution in [2.45, 2.75) is 25.0 Å². The number of ether oxygens (including phenoxy) is 2. The first-order chi connectivity index (χ1) is 6.89. The van der Waals surface area contributed by atoms with Gasteiger partial charge in [-0.2, -0.15) is 0 Å². The fraction of sp³-hybridized carbons (Fsp3) is 0.833. The van der Waals surface area contributed by atoms with E-state index in [1.54, 1.807) is 0 Å². The average molecular weight is 192 g/mol. The fourth-order valence-corrected chi connectivity index (χ4v) is 4.32. The van der Waals surface area contributed by atoms with E-state index in [9.17, 15) is 0 Å². The summed E-state index contributed by atoms with van der Waals surface area (Å²) in [5.41, 5.74) is 0. The highest BCUT2D eigenvalue weighted by Gasteiger charge is 2.62. The van der Waals surface area contributed by atoms with Crippen molar-refractivity contribution in [3.05, 3.63) is 12.2 Å². The maximum Gasteiger partial charge on any atom is 0.172 e. The number of allylic oxidation sites excluding steroid dienone is 2. The molecule has 0 aromatic heterocycles. The van der Waals surface area contributed by atoms with Gasteiger partial charge in [0.15, 0.2) is 5.79 Å². The third-order valence-corrected chi connectivity index (χ3v) is 4.78. The lowest BCUT2D eigenvalue weighted by Gasteiger charge is -2.37. The number of hydrogen-bond donors (Lipinski definition) is 0. The maximum absolute atomic E-state index is 5.89. The Morgan fingerprint density at radius 3 is 2.93 bits per heavy atom. The summed E-state index contributed by atoms with van der Waals surface area (Å²) in [7, 11) is 0. The smallest absolute Gasteiger partial charge is 0.172 e. The Morgan fingerprint density at radius 2 is 2.07 bits per heavy atom. The molecule has 0 aromatic carbocycles. The van der Waals surface area contributed by atoms with Crippen molar-refractivity contribution in [2.24, 2.45) is 23.7 Å². The van der Waals surface area contributed by atoms with Crippen LogP contribution >= 0.6 is 0 Å². The van der Waals surface area contributed by atoms with Crippen molar-refractivity contribution in [3.63, 3.8) is 0 Å². The Morgan fingerprint density at radius 1 is 1.21 bits per heavy atom. The Balaban J connectivity index is 1.72. The molecule has 14 heavy (non-hydrogen) atoms. The lowest BCUT2D eigenvalue weighted by molar-refractivity contribution is -0.202. The molecule has 2 nitrogen and oxygen atoms in total. The highest BCUT2D eigenvalue weighted by Crippen LogP contribution is 2.62. The van der Waals surface area contributed by atoms with E-state index in [2.05, 4.69) is 12.2 Å². The molecule has 1 saturated heterocycles. The molecule has 0 radical (unpaired) electrons. The Bertz CT molecular complexity index is 291. The van der Waals surface area contributed by atoms with Crippen molar-refractivity contribution in [2.75, 3.05) is 13.2 Å². The highest BCUT2D eigenvalue weighted by atomic mass is 16.7. The summed E-state index contributed by atoms with van der Waals surface area (Å²) in [5, 5.41) is 0. The first kappa shape index (κ1) is 7.89. The molecule has 4 atom stereocenters. The van der Waals surface area contributed by atoms with E-state index in [0.717, 1.165) is 31.0 Å². The van der Waals surface area contributed by atoms with E-state index in [4.69, 9.17) is 9.47 Å². The van der Waals surface area contributed by atoms with Gasteiger partial charge in [0.2, 0.25) is 0 Å². The maximum atomic E-state index is 5.89. The van der Waals surface area contributed by atoms with Crippen molar-refractivity contribution in [3.8, 4) is 0 Å². The normalized spacial score (nSPS) is 52.0. The minimum absolute atomic E-state index is 0.152. The minimum atomic E-state index is -0.152. The molecule has 4 rings (SSSR count). The molecule has 0 unspecified atom stereocenters. The molecule has 76 valence electrons. The zero-order valence-corrected chi connectivity index (χ0v) is 8.32. The van der Waals surface area contributed by atoms with E-state index >= 15 is 0 Å². The summed E-state index contributed by atoms with van der Waals surface area (Å²) in [5.74, 6) is 3.09. The lowest BCUT2D eigenvalue weighted by Crippen LogP contribution is -2.42. The third kappa shape index (κ3) is 0.763. The molecule has 0 aromatic rings. The van der Waals surface area contributed by atoms with Gasteiger partial charge in [-0.3, -0.25) is 0 Å². The van der Waals surface area contributed by atoms with Gasteiger partial charge in [-0.15, -0.1) is 0 Å². The predicted octanol–water partition coefficient (Wildman–Crippen LogP) is 1.96. The second-order valence-corrected chi connectivity index (χ2v) is 5.22. The monoisotopic (exact) mass is 192 g/mol. The van der Waals surface area contributed by atoms with E-state index in [1.807, 2.05) is 0 Å². The second kappa shape index (κ2) is 2.42. The van der Waals surface area contributed by atoms with Gasteiger partial charge in [0.05, 0.1) is 13.2 Å². The van der Waals surface area contributed by atoms with E-state index in [1.165, 1.54) is 19.3 Å². The van der Waals surface area contributed by atoms with Crippen LogP contribution in [0.4, 0.5) is 0 Å². The molecule has 3 fully saturated rings. The van der Waals surface area contributed by atoms with E-state index in [-0.39, 0.29) is 5.79 Å². The van der Waals surface area contributed by atoms with Gasteiger partial charge in [-0.1, -0.05) is 12.2 Å². The predicted molar refractivity (Wildman–Crippen MR) is 51.6 cm³/mol. The van der Waals surface area contributed by atoms with Crippen LogP contribution in [0, 0.1) is 23.7 Å². The topological polar surface area (TPSA) is 18.5 Å². The van der Waals surface area contributed by atoms with Crippen molar-refractivity contribution in [1.29, 1.82) is 0 Å². The summed E-state index contributed by atoms with van der Waals surface area (Å²) < 4.78 is 11.8. The molecule has 0 amide bonds. The van der Waals surface area contributed by atoms with Gasteiger partial charge in [0, 0.05) is 12.3 Å². The summed E-state index contributed by atoms with van der Waals surface area (Å²) >= 11 is 0. The molecule has 2 bridgehead atoms. The van der Waals surface area contributed by atoms with Crippen molar-refractivity contribution >= 4 is 0 Å². The first-order valence-corrected chi connectivity index (χ1v) is 5.84. The number of rotatable bonds is 0. The van der Waals surface area contributed by atoms with Crippen molar-refractivity contribution in [1.82, 2.24) is 0 Å². The van der Waals surface area contributed by atoms with E-state index in [0.29, 0.717) is 5.92 Å². The van der Waals surface area contributed by atoms with Crippen LogP contribution in [0.1, 0.15) is 19.3 Å². The first-order valence-electron chi connectivity index (χ1n) is 5.84. The fourth-order valence-electron chi connectivity index (χ4n) is 4.32. The highest BCUT2D eigenvalue weighted by molar-refractivity contribution is 5.17. The van der Waals surface area contributed by atoms with E-state index < -0.39 is 0 Å². The molecule has 2 heteroatoms. The molecule has 3 aliphatic carbocycles. The molecule has 0 N–H and O–H groups in total. The number of hydrogen-bond acceptors (Lipinski definition) is 2. The van der Waals surface area contributed by atoms with Crippen molar-refractivity contribution < 1.29 is 9.47 Å². The minimum Gasteiger partial charge on any atom is -0.347 e. The zero-order chi connectivity index (χ0) is 9.17. The Labute approximate surface area is 84.3 Å². The molecule has 1 heterocycles. The summed E-state index contributed by atoms with van der Waals surface area (Å²) in [6, 6.07) is 0. The van der Waals surface area contributed by atoms with Crippen LogP contribution in [0.2, 0.25) is 0 Å². The van der Waals surface area contributed by atoms with Gasteiger partial charge in [0.25, 0.3) is 0 Å². The standard InChI is InChI=1S/C12H16O2/c1-2-9-8-6-11(10(9)3-1)12(7-8)13-4-5-14-12/h1,3,8-11H,2,4-7H2/t8-,9-,10-,11-/m1/s1.